The Morgan fingerprint density at radius 2 is 1.04 bits per heavy atom. The maximum absolute atomic E-state index is 6.26. The number of thiophene rings is 1. The third kappa shape index (κ3) is 5.04. The summed E-state index contributed by atoms with van der Waals surface area (Å²) < 4.78 is 9.86. The highest BCUT2D eigenvalue weighted by Crippen LogP contribution is 2.42. The molecule has 4 aromatic heterocycles. The molecule has 0 aliphatic heterocycles. The first-order valence-electron chi connectivity index (χ1n) is 17.4. The summed E-state index contributed by atoms with van der Waals surface area (Å²) in [6.45, 7) is 0. The normalized spacial score (nSPS) is 11.8. The molecule has 0 atom stereocenters. The van der Waals surface area contributed by atoms with E-state index in [1.807, 2.05) is 66.7 Å². The molecule has 7 heteroatoms. The lowest BCUT2D eigenvalue weighted by molar-refractivity contribution is 0.669. The van der Waals surface area contributed by atoms with E-state index in [1.54, 1.807) is 22.7 Å². The highest BCUT2D eigenvalue weighted by Gasteiger charge is 2.20. The van der Waals surface area contributed by atoms with Gasteiger partial charge in [0.05, 0.1) is 10.2 Å². The number of hydrogen-bond donors (Lipinski definition) is 0. The number of fused-ring (bicyclic) bond motifs is 7. The Hall–Kier alpha value is -6.54. The van der Waals surface area contributed by atoms with E-state index in [2.05, 4.69) is 91.0 Å². The lowest BCUT2D eigenvalue weighted by Gasteiger charge is -2.10. The first kappa shape index (κ1) is 30.1. The minimum absolute atomic E-state index is 0.608. The van der Waals surface area contributed by atoms with Crippen molar-refractivity contribution >= 4 is 75.0 Å². The van der Waals surface area contributed by atoms with Gasteiger partial charge in [-0.3, -0.25) is 0 Å². The van der Waals surface area contributed by atoms with Gasteiger partial charge in [0, 0.05) is 53.2 Å². The monoisotopic (exact) mass is 714 g/mol. The molecule has 0 amide bonds. The quantitative estimate of drug-likeness (QED) is 0.178. The van der Waals surface area contributed by atoms with Crippen molar-refractivity contribution in [3.8, 4) is 55.9 Å². The fourth-order valence-corrected chi connectivity index (χ4v) is 9.37. The molecule has 0 N–H and O–H groups in total. The third-order valence-corrected chi connectivity index (χ3v) is 12.0. The van der Waals surface area contributed by atoms with E-state index in [0.717, 1.165) is 71.2 Å². The molecule has 0 unspecified atom stereocenters. The van der Waals surface area contributed by atoms with Crippen LogP contribution in [0.3, 0.4) is 0 Å². The van der Waals surface area contributed by atoms with E-state index in [9.17, 15) is 0 Å². The third-order valence-electron chi connectivity index (χ3n) is 9.81. The van der Waals surface area contributed by atoms with Crippen molar-refractivity contribution in [3.05, 3.63) is 158 Å². The summed E-state index contributed by atoms with van der Waals surface area (Å²) in [5.74, 6) is 1.87. The molecule has 11 rings (SSSR count). The van der Waals surface area contributed by atoms with Crippen LogP contribution in [0.5, 0.6) is 0 Å². The predicted octanol–water partition coefficient (Wildman–Crippen LogP) is 13.1. The molecular formula is C46H26N4OS2. The molecule has 248 valence electrons. The van der Waals surface area contributed by atoms with Crippen LogP contribution >= 0.6 is 22.7 Å². The minimum atomic E-state index is 0.608. The second-order valence-electron chi connectivity index (χ2n) is 13.0. The zero-order valence-electron chi connectivity index (χ0n) is 28.0. The summed E-state index contributed by atoms with van der Waals surface area (Å²) >= 11 is 3.52. The van der Waals surface area contributed by atoms with Crippen LogP contribution in [0.1, 0.15) is 0 Å². The number of nitrogens with zero attached hydrogens (tertiary/aromatic N) is 4. The van der Waals surface area contributed by atoms with Crippen molar-refractivity contribution in [1.82, 2.24) is 19.9 Å². The number of benzene rings is 7. The minimum Gasteiger partial charge on any atom is -0.456 e. The Bertz CT molecular complexity index is 3150. The van der Waals surface area contributed by atoms with E-state index in [1.165, 1.54) is 19.5 Å². The molecule has 53 heavy (non-hydrogen) atoms. The molecule has 7 aromatic carbocycles. The number of para-hydroxylation sites is 2. The van der Waals surface area contributed by atoms with Gasteiger partial charge >= 0.3 is 0 Å². The number of aromatic nitrogens is 4. The Balaban J connectivity index is 1.07. The molecule has 11 aromatic rings. The number of hydrogen-bond acceptors (Lipinski definition) is 7. The van der Waals surface area contributed by atoms with Crippen molar-refractivity contribution in [3.63, 3.8) is 0 Å². The molecule has 0 radical (unpaired) electrons. The largest absolute Gasteiger partial charge is 0.456 e. The van der Waals surface area contributed by atoms with Gasteiger partial charge < -0.3 is 4.42 Å². The van der Waals surface area contributed by atoms with Crippen LogP contribution in [-0.4, -0.2) is 19.9 Å². The molecule has 0 saturated carbocycles. The van der Waals surface area contributed by atoms with E-state index < -0.39 is 0 Å². The van der Waals surface area contributed by atoms with Crippen LogP contribution in [0.15, 0.2) is 162 Å². The van der Waals surface area contributed by atoms with E-state index in [0.29, 0.717) is 17.5 Å². The second-order valence-corrected chi connectivity index (χ2v) is 15.1. The van der Waals surface area contributed by atoms with Gasteiger partial charge in [-0.2, -0.15) is 0 Å². The average molecular weight is 715 g/mol. The number of furan rings is 1. The smallest absolute Gasteiger partial charge is 0.164 e. The van der Waals surface area contributed by atoms with Gasteiger partial charge in [0.15, 0.2) is 17.5 Å². The van der Waals surface area contributed by atoms with Gasteiger partial charge in [0.1, 0.15) is 16.2 Å². The van der Waals surface area contributed by atoms with Gasteiger partial charge in [-0.15, -0.1) is 22.7 Å². The lowest BCUT2D eigenvalue weighted by Crippen LogP contribution is -2.00. The summed E-state index contributed by atoms with van der Waals surface area (Å²) in [4.78, 5) is 20.4. The Morgan fingerprint density at radius 1 is 0.377 bits per heavy atom. The summed E-state index contributed by atoms with van der Waals surface area (Å²) in [5, 5.41) is 5.39. The average Bonchev–Trinajstić information content (AvgIpc) is 3.94. The van der Waals surface area contributed by atoms with Crippen molar-refractivity contribution in [2.45, 2.75) is 0 Å². The van der Waals surface area contributed by atoms with Gasteiger partial charge in [0.2, 0.25) is 0 Å². The van der Waals surface area contributed by atoms with Gasteiger partial charge in [-0.1, -0.05) is 115 Å². The topological polar surface area (TPSA) is 64.7 Å². The van der Waals surface area contributed by atoms with Crippen molar-refractivity contribution in [1.29, 1.82) is 0 Å². The van der Waals surface area contributed by atoms with Crippen LogP contribution in [0.4, 0.5) is 0 Å². The zero-order chi connectivity index (χ0) is 34.9. The molecule has 5 nitrogen and oxygen atoms in total. The molecule has 0 bridgehead atoms. The molecule has 0 fully saturated rings. The highest BCUT2D eigenvalue weighted by molar-refractivity contribution is 7.26. The zero-order valence-corrected chi connectivity index (χ0v) is 29.7. The van der Waals surface area contributed by atoms with Gasteiger partial charge in [0.25, 0.3) is 0 Å². The first-order valence-corrected chi connectivity index (χ1v) is 19.0. The lowest BCUT2D eigenvalue weighted by atomic mass is 9.99. The van der Waals surface area contributed by atoms with Crippen LogP contribution < -0.4 is 0 Å². The summed E-state index contributed by atoms with van der Waals surface area (Å²) in [6.07, 6.45) is 0. The van der Waals surface area contributed by atoms with Crippen molar-refractivity contribution in [2.24, 2.45) is 0 Å². The van der Waals surface area contributed by atoms with Crippen LogP contribution in [-0.2, 0) is 0 Å². The maximum Gasteiger partial charge on any atom is 0.164 e. The molecule has 0 aliphatic carbocycles. The molecular weight excluding hydrogens is 689 g/mol. The highest BCUT2D eigenvalue weighted by atomic mass is 32.1. The molecule has 4 heterocycles. The summed E-state index contributed by atoms with van der Waals surface area (Å²) in [5.41, 5.74) is 8.93. The Morgan fingerprint density at radius 3 is 1.89 bits per heavy atom. The Kier molecular flexibility index (Phi) is 6.83. The Labute approximate surface area is 311 Å². The van der Waals surface area contributed by atoms with E-state index >= 15 is 0 Å². The number of thiazole rings is 1. The van der Waals surface area contributed by atoms with Crippen molar-refractivity contribution in [2.75, 3.05) is 0 Å². The van der Waals surface area contributed by atoms with Gasteiger partial charge in [-0.05, 0) is 53.6 Å². The SMILES string of the molecule is c1ccc(-c2nc(-c3cccc4oc5ccccc5c34)nc(-c3cccc4sc5ccc(-c6ccc(-c7nc8ccccc8s7)cc6)cc5c34)n2)cc1. The maximum atomic E-state index is 6.26. The fourth-order valence-electron chi connectivity index (χ4n) is 7.29. The molecule has 0 saturated heterocycles. The van der Waals surface area contributed by atoms with E-state index in [-0.39, 0.29) is 0 Å². The number of rotatable bonds is 5. The fraction of sp³-hybridized carbons (Fsp3) is 0. The summed E-state index contributed by atoms with van der Waals surface area (Å²) in [7, 11) is 0. The van der Waals surface area contributed by atoms with Gasteiger partial charge in [-0.25, -0.2) is 19.9 Å². The van der Waals surface area contributed by atoms with Crippen LogP contribution in [0.2, 0.25) is 0 Å². The molecule has 0 aliphatic rings. The van der Waals surface area contributed by atoms with Crippen LogP contribution in [0.25, 0.3) is 108 Å². The van der Waals surface area contributed by atoms with Crippen LogP contribution in [0, 0.1) is 0 Å². The summed E-state index contributed by atoms with van der Waals surface area (Å²) in [6, 6.07) is 54.6. The standard InChI is InChI=1S/C46H26N4OS2/c1-2-10-28(11-3-1)43-48-44(32-13-8-17-37-41(32)31-12-4-6-16-36(31)51-37)50-45(49-43)33-14-9-19-40-42(33)34-26-30(24-25-38(34)52-40)27-20-22-29(23-21-27)46-47-35-15-5-7-18-39(35)53-46/h1-26H. The van der Waals surface area contributed by atoms with E-state index in [4.69, 9.17) is 24.4 Å². The van der Waals surface area contributed by atoms with Crippen molar-refractivity contribution < 1.29 is 4.42 Å². The first-order chi connectivity index (χ1) is 26.2. The predicted molar refractivity (Wildman–Crippen MR) is 220 cm³/mol. The molecule has 0 spiro atoms. The second kappa shape index (κ2) is 12.0.